The Bertz CT molecular complexity index is 1640. The molecule has 2 unspecified atom stereocenters. The molecule has 4 aromatic rings. The van der Waals surface area contributed by atoms with E-state index in [1.807, 2.05) is 0 Å². The van der Waals surface area contributed by atoms with Gasteiger partial charge in [-0.2, -0.15) is 0 Å². The highest BCUT2D eigenvalue weighted by Crippen LogP contribution is 2.68. The lowest BCUT2D eigenvalue weighted by molar-refractivity contribution is -0.173. The predicted molar refractivity (Wildman–Crippen MR) is 142 cm³/mol. The van der Waals surface area contributed by atoms with Gasteiger partial charge in [-0.3, -0.25) is 4.90 Å². The Balaban J connectivity index is 1.32. The van der Waals surface area contributed by atoms with E-state index in [4.69, 9.17) is 14.5 Å². The van der Waals surface area contributed by atoms with E-state index in [1.54, 1.807) is 7.11 Å². The first kappa shape index (κ1) is 20.9. The number of piperidine rings is 1. The largest absolute Gasteiger partial charge is 0.493 e. The van der Waals surface area contributed by atoms with Crippen molar-refractivity contribution in [3.05, 3.63) is 77.0 Å². The molecule has 1 N–H and O–H groups in total. The number of pyridine rings is 1. The monoisotopic (exact) mass is 490 g/mol. The molecule has 0 amide bonds. The van der Waals surface area contributed by atoms with Gasteiger partial charge in [-0.25, -0.2) is 4.98 Å². The fourth-order valence-electron chi connectivity index (χ4n) is 8.43. The van der Waals surface area contributed by atoms with Crippen molar-refractivity contribution in [2.45, 2.75) is 55.3 Å². The number of aliphatic hydroxyl groups is 1. The number of hydrogen-bond acceptors (Lipinski definition) is 5. The van der Waals surface area contributed by atoms with E-state index in [1.165, 1.54) is 29.4 Å². The second-order valence-electron chi connectivity index (χ2n) is 12.0. The van der Waals surface area contributed by atoms with Crippen LogP contribution in [0.4, 0.5) is 0 Å². The zero-order valence-electron chi connectivity index (χ0n) is 21.0. The second kappa shape index (κ2) is 6.83. The topological polar surface area (TPSA) is 54.8 Å². The van der Waals surface area contributed by atoms with Gasteiger partial charge in [0, 0.05) is 35.3 Å². The average molecular weight is 491 g/mol. The van der Waals surface area contributed by atoms with Crippen LogP contribution in [0.15, 0.2) is 54.6 Å². The molecule has 3 heterocycles. The zero-order valence-corrected chi connectivity index (χ0v) is 21.0. The van der Waals surface area contributed by atoms with Crippen LogP contribution in [0.3, 0.4) is 0 Å². The van der Waals surface area contributed by atoms with Crippen molar-refractivity contribution < 1.29 is 14.6 Å². The van der Waals surface area contributed by atoms with Gasteiger partial charge >= 0.3 is 0 Å². The van der Waals surface area contributed by atoms with E-state index in [0.717, 1.165) is 70.9 Å². The molecular formula is C32H30N2O3. The first-order valence-electron chi connectivity index (χ1n) is 13.8. The summed E-state index contributed by atoms with van der Waals surface area (Å²) in [6.45, 7) is 2.09. The van der Waals surface area contributed by atoms with Crippen LogP contribution < -0.4 is 9.47 Å². The van der Waals surface area contributed by atoms with Crippen molar-refractivity contribution in [2.24, 2.45) is 5.92 Å². The maximum Gasteiger partial charge on any atom is 0.166 e. The molecule has 5 heteroatoms. The summed E-state index contributed by atoms with van der Waals surface area (Å²) < 4.78 is 12.7. The highest BCUT2D eigenvalue weighted by Gasteiger charge is 2.72. The third-order valence-electron chi connectivity index (χ3n) is 10.2. The Morgan fingerprint density at radius 3 is 2.81 bits per heavy atom. The normalized spacial score (nSPS) is 31.2. The van der Waals surface area contributed by atoms with Gasteiger partial charge in [0.2, 0.25) is 0 Å². The fraction of sp³-hybridized carbons (Fsp3) is 0.406. The zero-order chi connectivity index (χ0) is 24.5. The van der Waals surface area contributed by atoms with Crippen LogP contribution in [0.25, 0.3) is 21.7 Å². The Labute approximate surface area is 216 Å². The van der Waals surface area contributed by atoms with Crippen molar-refractivity contribution in [2.75, 3.05) is 20.2 Å². The molecule has 3 aromatic carbocycles. The number of nitrogens with zero attached hydrogens (tertiary/aromatic N) is 2. The molecule has 1 saturated heterocycles. The summed E-state index contributed by atoms with van der Waals surface area (Å²) in [4.78, 5) is 7.98. The lowest BCUT2D eigenvalue weighted by Crippen LogP contribution is -2.74. The summed E-state index contributed by atoms with van der Waals surface area (Å²) >= 11 is 0. The molecule has 37 heavy (non-hydrogen) atoms. The van der Waals surface area contributed by atoms with E-state index < -0.39 is 11.0 Å². The minimum Gasteiger partial charge on any atom is -0.493 e. The SMILES string of the molecule is COc1ccc2c3c1OC1c4nc5c(ccc6ccccc65)cc4CC4(O)[C@@H](C2)N(CC2CC2)CC[C@]314. The van der Waals surface area contributed by atoms with Crippen LogP contribution in [0.5, 0.6) is 11.5 Å². The maximum absolute atomic E-state index is 13.0. The van der Waals surface area contributed by atoms with Gasteiger partial charge in [0.25, 0.3) is 0 Å². The van der Waals surface area contributed by atoms with Crippen LogP contribution in [-0.4, -0.2) is 46.8 Å². The quantitative estimate of drug-likeness (QED) is 0.405. The number of methoxy groups -OCH3 is 1. The molecule has 2 aliphatic heterocycles. The number of fused-ring (bicyclic) bond motifs is 5. The van der Waals surface area contributed by atoms with Gasteiger partial charge in [-0.15, -0.1) is 0 Å². The number of rotatable bonds is 3. The van der Waals surface area contributed by atoms with E-state index in [0.29, 0.717) is 6.42 Å². The third-order valence-corrected chi connectivity index (χ3v) is 10.2. The summed E-state index contributed by atoms with van der Waals surface area (Å²) in [5, 5.41) is 16.5. The summed E-state index contributed by atoms with van der Waals surface area (Å²) in [6.07, 6.45) is 4.67. The molecule has 2 bridgehead atoms. The van der Waals surface area contributed by atoms with E-state index in [-0.39, 0.29) is 12.1 Å². The first-order chi connectivity index (χ1) is 18.1. The molecule has 3 aliphatic carbocycles. The second-order valence-corrected chi connectivity index (χ2v) is 12.0. The predicted octanol–water partition coefficient (Wildman–Crippen LogP) is 5.10. The van der Waals surface area contributed by atoms with E-state index in [2.05, 4.69) is 59.5 Å². The van der Waals surface area contributed by atoms with Gasteiger partial charge in [0.15, 0.2) is 17.6 Å². The van der Waals surface area contributed by atoms with Crippen molar-refractivity contribution in [3.63, 3.8) is 0 Å². The molecular weight excluding hydrogens is 460 g/mol. The average Bonchev–Trinajstić information content (AvgIpc) is 3.66. The summed E-state index contributed by atoms with van der Waals surface area (Å²) in [5.74, 6) is 2.37. The molecule has 4 atom stereocenters. The number of aromatic nitrogens is 1. The highest BCUT2D eigenvalue weighted by molar-refractivity contribution is 6.05. The van der Waals surface area contributed by atoms with Crippen LogP contribution in [0.2, 0.25) is 0 Å². The van der Waals surface area contributed by atoms with Crippen molar-refractivity contribution in [1.29, 1.82) is 0 Å². The number of hydrogen-bond donors (Lipinski definition) is 1. The Morgan fingerprint density at radius 2 is 1.95 bits per heavy atom. The third kappa shape index (κ3) is 2.45. The lowest BCUT2D eigenvalue weighted by Gasteiger charge is -2.63. The van der Waals surface area contributed by atoms with Gasteiger partial charge in [-0.1, -0.05) is 42.5 Å². The van der Waals surface area contributed by atoms with Crippen LogP contribution in [0.1, 0.15) is 47.8 Å². The first-order valence-corrected chi connectivity index (χ1v) is 13.8. The van der Waals surface area contributed by atoms with E-state index in [9.17, 15) is 5.11 Å². The number of likely N-dealkylation sites (tertiary alicyclic amines) is 1. The molecule has 186 valence electrons. The van der Waals surface area contributed by atoms with Crippen molar-refractivity contribution >= 4 is 21.7 Å². The maximum atomic E-state index is 13.0. The lowest BCUT2D eigenvalue weighted by atomic mass is 9.49. The number of ether oxygens (including phenoxy) is 2. The fourth-order valence-corrected chi connectivity index (χ4v) is 8.43. The molecule has 9 rings (SSSR count). The van der Waals surface area contributed by atoms with Crippen molar-refractivity contribution in [3.8, 4) is 11.5 Å². The molecule has 1 aromatic heterocycles. The molecule has 0 radical (unpaired) electrons. The van der Waals surface area contributed by atoms with Crippen LogP contribution >= 0.6 is 0 Å². The molecule has 5 aliphatic rings. The van der Waals surface area contributed by atoms with Gasteiger partial charge in [0.05, 0.1) is 29.3 Å². The minimum absolute atomic E-state index is 0.0836. The molecule has 1 spiro atoms. The summed E-state index contributed by atoms with van der Waals surface area (Å²) in [7, 11) is 1.71. The van der Waals surface area contributed by atoms with Gasteiger partial charge in [0.1, 0.15) is 0 Å². The smallest absolute Gasteiger partial charge is 0.166 e. The van der Waals surface area contributed by atoms with Gasteiger partial charge < -0.3 is 14.6 Å². The van der Waals surface area contributed by atoms with Gasteiger partial charge in [-0.05, 0) is 66.8 Å². The standard InChI is InChI=1S/C32H30N2O3/c1-36-24-11-10-20-15-25-32(35)16-22-14-21-9-8-19-4-2-3-5-23(19)27(21)33-28(22)30-31(32,26(20)29(24)37-30)12-13-34(25)17-18-6-7-18/h2-5,8-11,14,18,25,30,35H,6-7,12-13,15-17H2,1H3/t25-,30?,31+,32?/m1/s1. The molecule has 1 saturated carbocycles. The molecule has 5 nitrogen and oxygen atoms in total. The number of benzene rings is 3. The Morgan fingerprint density at radius 1 is 1.08 bits per heavy atom. The Kier molecular flexibility index (Phi) is 3.85. The van der Waals surface area contributed by atoms with Crippen LogP contribution in [0, 0.1) is 5.92 Å². The summed E-state index contributed by atoms with van der Waals surface area (Å²) in [5.41, 5.74) is 4.22. The van der Waals surface area contributed by atoms with Crippen LogP contribution in [-0.2, 0) is 18.3 Å². The van der Waals surface area contributed by atoms with Crippen molar-refractivity contribution in [1.82, 2.24) is 9.88 Å². The summed E-state index contributed by atoms with van der Waals surface area (Å²) in [6, 6.07) is 19.4. The highest BCUT2D eigenvalue weighted by atomic mass is 16.5. The Hall–Kier alpha value is -3.15. The molecule has 2 fully saturated rings. The minimum atomic E-state index is -0.908. The van der Waals surface area contributed by atoms with E-state index >= 15 is 0 Å².